The number of anilines is 1. The van der Waals surface area contributed by atoms with Crippen LogP contribution in [0.15, 0.2) is 18.2 Å². The fraction of sp³-hybridized carbons (Fsp3) is 0.462. The largest absolute Gasteiger partial charge is 0.495 e. The standard InChI is InChI=1S/C13H19ClN2O2/c1-4-7-13(2,15)12(17)16-9-5-6-11(18-3)10(14)8-9/h5-6,8H,4,7,15H2,1-3H3,(H,16,17). The van der Waals surface area contributed by atoms with E-state index in [1.807, 2.05) is 6.92 Å². The molecule has 0 heterocycles. The van der Waals surface area contributed by atoms with Gasteiger partial charge in [-0.1, -0.05) is 24.9 Å². The number of ether oxygens (including phenoxy) is 1. The number of hydrogen-bond acceptors (Lipinski definition) is 3. The van der Waals surface area contributed by atoms with Crippen molar-refractivity contribution in [3.05, 3.63) is 23.2 Å². The van der Waals surface area contributed by atoms with Crippen LogP contribution in [0.2, 0.25) is 5.02 Å². The summed E-state index contributed by atoms with van der Waals surface area (Å²) in [4.78, 5) is 12.0. The van der Waals surface area contributed by atoms with Gasteiger partial charge in [0, 0.05) is 5.69 Å². The highest BCUT2D eigenvalue weighted by Crippen LogP contribution is 2.27. The molecule has 0 aliphatic heterocycles. The first-order chi connectivity index (χ1) is 8.40. The molecule has 4 nitrogen and oxygen atoms in total. The van der Waals surface area contributed by atoms with E-state index in [2.05, 4.69) is 5.32 Å². The summed E-state index contributed by atoms with van der Waals surface area (Å²) in [6.07, 6.45) is 1.48. The summed E-state index contributed by atoms with van der Waals surface area (Å²) in [6, 6.07) is 5.07. The Morgan fingerprint density at radius 3 is 2.72 bits per heavy atom. The van der Waals surface area contributed by atoms with Crippen LogP contribution >= 0.6 is 11.6 Å². The van der Waals surface area contributed by atoms with Gasteiger partial charge >= 0.3 is 0 Å². The molecule has 3 N–H and O–H groups in total. The maximum absolute atomic E-state index is 12.0. The fourth-order valence-corrected chi connectivity index (χ4v) is 1.91. The molecule has 0 spiro atoms. The lowest BCUT2D eigenvalue weighted by molar-refractivity contribution is -0.120. The molecule has 1 atom stereocenters. The molecule has 0 radical (unpaired) electrons. The number of amides is 1. The van der Waals surface area contributed by atoms with Crippen molar-refractivity contribution < 1.29 is 9.53 Å². The Hall–Kier alpha value is -1.26. The normalized spacial score (nSPS) is 13.8. The summed E-state index contributed by atoms with van der Waals surface area (Å²) in [6.45, 7) is 3.71. The highest BCUT2D eigenvalue weighted by molar-refractivity contribution is 6.32. The molecule has 0 saturated heterocycles. The maximum Gasteiger partial charge on any atom is 0.244 e. The van der Waals surface area contributed by atoms with E-state index in [9.17, 15) is 4.79 Å². The van der Waals surface area contributed by atoms with Gasteiger partial charge in [0.2, 0.25) is 5.91 Å². The molecule has 1 unspecified atom stereocenters. The van der Waals surface area contributed by atoms with E-state index in [4.69, 9.17) is 22.1 Å². The zero-order valence-electron chi connectivity index (χ0n) is 10.9. The van der Waals surface area contributed by atoms with Gasteiger partial charge in [0.15, 0.2) is 0 Å². The van der Waals surface area contributed by atoms with Crippen LogP contribution in [0.5, 0.6) is 5.75 Å². The van der Waals surface area contributed by atoms with Gasteiger partial charge in [0.25, 0.3) is 0 Å². The third-order valence-corrected chi connectivity index (χ3v) is 2.99. The van der Waals surface area contributed by atoms with Crippen molar-refractivity contribution in [1.82, 2.24) is 0 Å². The van der Waals surface area contributed by atoms with Crippen LogP contribution in [0, 0.1) is 0 Å². The molecule has 1 aromatic carbocycles. The molecule has 0 aliphatic carbocycles. The van der Waals surface area contributed by atoms with Crippen LogP contribution in [0.3, 0.4) is 0 Å². The summed E-state index contributed by atoms with van der Waals surface area (Å²) >= 11 is 5.98. The second-order valence-corrected chi connectivity index (χ2v) is 4.88. The van der Waals surface area contributed by atoms with Gasteiger partial charge < -0.3 is 15.8 Å². The molecule has 0 aliphatic rings. The highest BCUT2D eigenvalue weighted by Gasteiger charge is 2.27. The van der Waals surface area contributed by atoms with Crippen molar-refractivity contribution in [3.63, 3.8) is 0 Å². The Morgan fingerprint density at radius 2 is 2.22 bits per heavy atom. The summed E-state index contributed by atoms with van der Waals surface area (Å²) in [5.74, 6) is 0.351. The van der Waals surface area contributed by atoms with E-state index in [1.165, 1.54) is 7.11 Å². The third kappa shape index (κ3) is 3.62. The van der Waals surface area contributed by atoms with Gasteiger partial charge in [0.05, 0.1) is 17.7 Å². The van der Waals surface area contributed by atoms with Gasteiger partial charge in [-0.15, -0.1) is 0 Å². The molecule has 100 valence electrons. The van der Waals surface area contributed by atoms with E-state index in [0.717, 1.165) is 6.42 Å². The first kappa shape index (κ1) is 14.8. The smallest absolute Gasteiger partial charge is 0.244 e. The predicted octanol–water partition coefficient (Wildman–Crippen LogP) is 2.80. The molecule has 1 rings (SSSR count). The average molecular weight is 271 g/mol. The van der Waals surface area contributed by atoms with Gasteiger partial charge in [-0.25, -0.2) is 0 Å². The molecular formula is C13H19ClN2O2. The number of benzene rings is 1. The monoisotopic (exact) mass is 270 g/mol. The number of halogens is 1. The number of nitrogens with two attached hydrogens (primary N) is 1. The molecule has 0 fully saturated rings. The maximum atomic E-state index is 12.0. The van der Waals surface area contributed by atoms with Crippen LogP contribution in [0.4, 0.5) is 5.69 Å². The van der Waals surface area contributed by atoms with Crippen molar-refractivity contribution in [1.29, 1.82) is 0 Å². The average Bonchev–Trinajstić information content (AvgIpc) is 2.29. The summed E-state index contributed by atoms with van der Waals surface area (Å²) in [5.41, 5.74) is 5.68. The number of carbonyl (C=O) groups excluding carboxylic acids is 1. The molecule has 18 heavy (non-hydrogen) atoms. The van der Waals surface area contributed by atoms with Crippen LogP contribution in [-0.4, -0.2) is 18.6 Å². The SMILES string of the molecule is CCCC(C)(N)C(=O)Nc1ccc(OC)c(Cl)c1. The Morgan fingerprint density at radius 1 is 1.56 bits per heavy atom. The lowest BCUT2D eigenvalue weighted by Gasteiger charge is -2.23. The molecule has 0 bridgehead atoms. The topological polar surface area (TPSA) is 64.4 Å². The van der Waals surface area contributed by atoms with Crippen molar-refractivity contribution in [2.75, 3.05) is 12.4 Å². The molecule has 5 heteroatoms. The van der Waals surface area contributed by atoms with Gasteiger partial charge in [-0.05, 0) is 31.5 Å². The first-order valence-electron chi connectivity index (χ1n) is 5.84. The Labute approximate surface area is 112 Å². The predicted molar refractivity (Wildman–Crippen MR) is 74.1 cm³/mol. The van der Waals surface area contributed by atoms with Crippen LogP contribution in [0.25, 0.3) is 0 Å². The zero-order chi connectivity index (χ0) is 13.8. The van der Waals surface area contributed by atoms with E-state index in [1.54, 1.807) is 25.1 Å². The van der Waals surface area contributed by atoms with E-state index < -0.39 is 5.54 Å². The number of rotatable bonds is 5. The summed E-state index contributed by atoms with van der Waals surface area (Å²) in [7, 11) is 1.54. The number of carbonyl (C=O) groups is 1. The third-order valence-electron chi connectivity index (χ3n) is 2.70. The molecule has 0 aromatic heterocycles. The summed E-state index contributed by atoms with van der Waals surface area (Å²) < 4.78 is 5.04. The van der Waals surface area contributed by atoms with Crippen molar-refractivity contribution in [2.45, 2.75) is 32.2 Å². The number of nitrogens with one attached hydrogen (secondary N) is 1. The van der Waals surface area contributed by atoms with Gasteiger partial charge in [0.1, 0.15) is 5.75 Å². The quantitative estimate of drug-likeness (QED) is 0.865. The van der Waals surface area contributed by atoms with Gasteiger partial charge in [-0.3, -0.25) is 4.79 Å². The molecule has 1 aromatic rings. The molecule has 0 saturated carbocycles. The lowest BCUT2D eigenvalue weighted by Crippen LogP contribution is -2.48. The second kappa shape index (κ2) is 6.07. The van der Waals surface area contributed by atoms with E-state index >= 15 is 0 Å². The minimum absolute atomic E-state index is 0.217. The Kier molecular flexibility index (Phi) is 4.99. The Bertz CT molecular complexity index is 433. The van der Waals surface area contributed by atoms with Crippen LogP contribution in [0.1, 0.15) is 26.7 Å². The zero-order valence-corrected chi connectivity index (χ0v) is 11.7. The fourth-order valence-electron chi connectivity index (χ4n) is 1.65. The van der Waals surface area contributed by atoms with E-state index in [-0.39, 0.29) is 5.91 Å². The van der Waals surface area contributed by atoms with Crippen molar-refractivity contribution in [2.24, 2.45) is 5.73 Å². The van der Waals surface area contributed by atoms with Crippen LogP contribution in [-0.2, 0) is 4.79 Å². The Balaban J connectivity index is 2.79. The summed E-state index contributed by atoms with van der Waals surface area (Å²) in [5, 5.41) is 3.20. The van der Waals surface area contributed by atoms with Crippen LogP contribution < -0.4 is 15.8 Å². The van der Waals surface area contributed by atoms with E-state index in [0.29, 0.717) is 22.9 Å². The van der Waals surface area contributed by atoms with Gasteiger partial charge in [-0.2, -0.15) is 0 Å². The number of hydrogen-bond donors (Lipinski definition) is 2. The van der Waals surface area contributed by atoms with Crippen molar-refractivity contribution >= 4 is 23.2 Å². The minimum atomic E-state index is -0.874. The first-order valence-corrected chi connectivity index (χ1v) is 6.22. The molecular weight excluding hydrogens is 252 g/mol. The highest BCUT2D eigenvalue weighted by atomic mass is 35.5. The minimum Gasteiger partial charge on any atom is -0.495 e. The molecule has 1 amide bonds. The lowest BCUT2D eigenvalue weighted by atomic mass is 9.96. The second-order valence-electron chi connectivity index (χ2n) is 4.47. The number of methoxy groups -OCH3 is 1. The van der Waals surface area contributed by atoms with Crippen molar-refractivity contribution in [3.8, 4) is 5.75 Å².